The fourth-order valence-electron chi connectivity index (χ4n) is 4.49. The van der Waals surface area contributed by atoms with E-state index >= 15 is 4.39 Å². The fourth-order valence-corrected chi connectivity index (χ4v) is 5.65. The Labute approximate surface area is 202 Å². The number of carbonyl (C=O) groups excluding carboxylic acids is 1. The lowest BCUT2D eigenvalue weighted by Crippen LogP contribution is -2.34. The molecule has 11 heteroatoms. The van der Waals surface area contributed by atoms with Crippen LogP contribution in [0, 0.1) is 19.7 Å². The Morgan fingerprint density at radius 3 is 2.63 bits per heavy atom. The molecule has 9 nitrogen and oxygen atoms in total. The number of hydrogen-bond donors (Lipinski definition) is 1. The Balaban J connectivity index is 1.51. The second-order valence-corrected chi connectivity index (χ2v) is 10.3. The van der Waals surface area contributed by atoms with Crippen LogP contribution in [0.25, 0.3) is 0 Å². The van der Waals surface area contributed by atoms with E-state index in [1.165, 1.54) is 0 Å². The second kappa shape index (κ2) is 8.97. The van der Waals surface area contributed by atoms with Crippen LogP contribution >= 0.6 is 0 Å². The van der Waals surface area contributed by atoms with Gasteiger partial charge in [-0.15, -0.1) is 0 Å². The molecule has 0 unspecified atom stereocenters. The zero-order valence-electron chi connectivity index (χ0n) is 19.4. The minimum absolute atomic E-state index is 0.0874. The van der Waals surface area contributed by atoms with E-state index in [0.717, 1.165) is 26.7 Å². The van der Waals surface area contributed by atoms with Crippen LogP contribution in [0.4, 0.5) is 10.1 Å². The third kappa shape index (κ3) is 4.48. The largest absolute Gasteiger partial charge is 0.487 e. The number of hydrogen-bond acceptors (Lipinski definition) is 7. The predicted molar refractivity (Wildman–Crippen MR) is 125 cm³/mol. The Morgan fingerprint density at radius 1 is 1.20 bits per heavy atom. The van der Waals surface area contributed by atoms with Gasteiger partial charge >= 0.3 is 10.2 Å². The van der Waals surface area contributed by atoms with Crippen molar-refractivity contribution in [1.82, 2.24) is 14.8 Å². The fraction of sp³-hybridized carbons (Fsp3) is 0.333. The highest BCUT2D eigenvalue weighted by Gasteiger charge is 2.39. The zero-order valence-corrected chi connectivity index (χ0v) is 20.2. The number of aromatic nitrogens is 1. The van der Waals surface area contributed by atoms with Crippen LogP contribution in [0.5, 0.6) is 5.75 Å². The first kappa shape index (κ1) is 23.3. The van der Waals surface area contributed by atoms with Crippen molar-refractivity contribution in [3.05, 3.63) is 75.9 Å². The SMILES string of the molecule is Cc1noc(C)c1CN1CCc2cc(OCc3ccccc3)c(N3CC(=O)NS3(=O)=O)c(F)c2C1. The van der Waals surface area contributed by atoms with Crippen molar-refractivity contribution in [2.45, 2.75) is 40.0 Å². The summed E-state index contributed by atoms with van der Waals surface area (Å²) in [4.78, 5) is 14.0. The number of aryl methyl sites for hydroxylation is 2. The van der Waals surface area contributed by atoms with E-state index in [4.69, 9.17) is 9.26 Å². The Kier molecular flexibility index (Phi) is 5.97. The molecule has 1 saturated heterocycles. The van der Waals surface area contributed by atoms with Gasteiger partial charge in [-0.1, -0.05) is 35.5 Å². The molecule has 1 aromatic heterocycles. The van der Waals surface area contributed by atoms with Gasteiger partial charge < -0.3 is 9.26 Å². The summed E-state index contributed by atoms with van der Waals surface area (Å²) in [6.07, 6.45) is 0.557. The molecule has 1 N–H and O–H groups in total. The summed E-state index contributed by atoms with van der Waals surface area (Å²) in [6.45, 7) is 4.79. The summed E-state index contributed by atoms with van der Waals surface area (Å²) in [5.41, 5.74) is 3.47. The highest BCUT2D eigenvalue weighted by molar-refractivity contribution is 7.92. The van der Waals surface area contributed by atoms with Gasteiger partial charge in [-0.25, -0.2) is 13.4 Å². The summed E-state index contributed by atoms with van der Waals surface area (Å²) < 4.78 is 55.2. The topological polar surface area (TPSA) is 105 Å². The van der Waals surface area contributed by atoms with Crippen LogP contribution in [0.15, 0.2) is 40.9 Å². The summed E-state index contributed by atoms with van der Waals surface area (Å²) in [5, 5.41) is 3.99. The third-order valence-electron chi connectivity index (χ3n) is 6.35. The highest BCUT2D eigenvalue weighted by Crippen LogP contribution is 2.40. The van der Waals surface area contributed by atoms with E-state index in [9.17, 15) is 13.2 Å². The van der Waals surface area contributed by atoms with Gasteiger partial charge in [-0.3, -0.25) is 9.69 Å². The Morgan fingerprint density at radius 2 is 1.97 bits per heavy atom. The first-order chi connectivity index (χ1) is 16.7. The van der Waals surface area contributed by atoms with Crippen molar-refractivity contribution in [3.8, 4) is 5.75 Å². The van der Waals surface area contributed by atoms with Crippen molar-refractivity contribution in [1.29, 1.82) is 0 Å². The second-order valence-electron chi connectivity index (χ2n) is 8.75. The lowest BCUT2D eigenvalue weighted by Gasteiger charge is -2.31. The minimum Gasteiger partial charge on any atom is -0.487 e. The van der Waals surface area contributed by atoms with Gasteiger partial charge in [0.05, 0.1) is 5.69 Å². The molecule has 184 valence electrons. The molecule has 0 aliphatic carbocycles. The molecule has 35 heavy (non-hydrogen) atoms. The van der Waals surface area contributed by atoms with Crippen LogP contribution in [-0.4, -0.2) is 37.5 Å². The molecular formula is C24H25FN4O5S. The average Bonchev–Trinajstić information content (AvgIpc) is 3.29. The molecule has 0 saturated carbocycles. The average molecular weight is 501 g/mol. The predicted octanol–water partition coefficient (Wildman–Crippen LogP) is 2.75. The van der Waals surface area contributed by atoms with E-state index < -0.39 is 28.5 Å². The number of amides is 1. The molecule has 5 rings (SSSR count). The lowest BCUT2D eigenvalue weighted by atomic mass is 9.97. The molecular weight excluding hydrogens is 475 g/mol. The number of rotatable bonds is 6. The molecule has 3 heterocycles. The van der Waals surface area contributed by atoms with E-state index in [2.05, 4.69) is 10.1 Å². The van der Waals surface area contributed by atoms with Crippen molar-refractivity contribution >= 4 is 21.8 Å². The van der Waals surface area contributed by atoms with Gasteiger partial charge in [0.2, 0.25) is 0 Å². The Hall–Kier alpha value is -3.44. The molecule has 1 fully saturated rings. The maximum Gasteiger partial charge on any atom is 0.326 e. The van der Waals surface area contributed by atoms with Gasteiger partial charge in [-0.2, -0.15) is 8.42 Å². The van der Waals surface area contributed by atoms with Crippen molar-refractivity contribution in [2.24, 2.45) is 0 Å². The Bertz CT molecular complexity index is 1370. The smallest absolute Gasteiger partial charge is 0.326 e. The van der Waals surface area contributed by atoms with Crippen LogP contribution in [0.1, 0.15) is 33.7 Å². The molecule has 2 aliphatic heterocycles. The van der Waals surface area contributed by atoms with E-state index in [0.29, 0.717) is 30.8 Å². The van der Waals surface area contributed by atoms with E-state index in [-0.39, 0.29) is 24.6 Å². The standard InChI is InChI=1S/C24H25FN4O5S/c1-15-19(16(2)34-26-15)11-28-9-8-18-10-21(33-14-17-6-4-3-5-7-17)24(23(25)20(18)12-28)29-13-22(30)27-35(29,31)32/h3-7,10H,8-9,11-14H2,1-2H3,(H,27,30). The van der Waals surface area contributed by atoms with Crippen LogP contribution < -0.4 is 13.8 Å². The minimum atomic E-state index is -4.23. The molecule has 0 spiro atoms. The van der Waals surface area contributed by atoms with Gasteiger partial charge in [-0.05, 0) is 37.5 Å². The summed E-state index contributed by atoms with van der Waals surface area (Å²) >= 11 is 0. The zero-order chi connectivity index (χ0) is 24.7. The number of nitrogens with zero attached hydrogens (tertiary/aromatic N) is 3. The number of ether oxygens (including phenoxy) is 1. The van der Waals surface area contributed by atoms with Crippen molar-refractivity contribution in [3.63, 3.8) is 0 Å². The molecule has 0 bridgehead atoms. The number of halogens is 1. The van der Waals surface area contributed by atoms with Gasteiger partial charge in [0.25, 0.3) is 5.91 Å². The number of nitrogens with one attached hydrogen (secondary N) is 1. The quantitative estimate of drug-likeness (QED) is 0.555. The van der Waals surface area contributed by atoms with Gasteiger partial charge in [0.1, 0.15) is 30.3 Å². The molecule has 0 radical (unpaired) electrons. The maximum atomic E-state index is 16.1. The van der Waals surface area contributed by atoms with Gasteiger partial charge in [0.15, 0.2) is 5.82 Å². The third-order valence-corrected chi connectivity index (χ3v) is 7.73. The summed E-state index contributed by atoms with van der Waals surface area (Å²) in [5.74, 6) is -0.624. The highest BCUT2D eigenvalue weighted by atomic mass is 32.2. The molecule has 0 atom stereocenters. The van der Waals surface area contributed by atoms with Crippen molar-refractivity contribution in [2.75, 3.05) is 17.4 Å². The van der Waals surface area contributed by atoms with Gasteiger partial charge in [0, 0.05) is 30.8 Å². The first-order valence-electron chi connectivity index (χ1n) is 11.2. The number of benzene rings is 2. The maximum absolute atomic E-state index is 16.1. The number of fused-ring (bicyclic) bond motifs is 1. The number of anilines is 1. The molecule has 2 aliphatic rings. The van der Waals surface area contributed by atoms with Crippen LogP contribution in [0.2, 0.25) is 0 Å². The van der Waals surface area contributed by atoms with Crippen LogP contribution in [0.3, 0.4) is 0 Å². The lowest BCUT2D eigenvalue weighted by molar-refractivity contribution is -0.117. The molecule has 2 aromatic carbocycles. The number of carbonyl (C=O) groups is 1. The summed E-state index contributed by atoms with van der Waals surface area (Å²) in [7, 11) is -4.23. The van der Waals surface area contributed by atoms with E-state index in [1.54, 1.807) is 6.07 Å². The van der Waals surface area contributed by atoms with E-state index in [1.807, 2.05) is 48.9 Å². The molecule has 3 aromatic rings. The normalized spacial score (nSPS) is 17.3. The van der Waals surface area contributed by atoms with Crippen molar-refractivity contribution < 1.29 is 26.9 Å². The molecule has 1 amide bonds. The van der Waals surface area contributed by atoms with Crippen LogP contribution in [-0.2, 0) is 41.1 Å². The monoisotopic (exact) mass is 500 g/mol. The first-order valence-corrected chi connectivity index (χ1v) is 12.7. The summed E-state index contributed by atoms with van der Waals surface area (Å²) in [6, 6.07) is 11.0.